The number of benzene rings is 2. The van der Waals surface area contributed by atoms with Crippen LogP contribution >= 0.6 is 0 Å². The van der Waals surface area contributed by atoms with E-state index in [4.69, 9.17) is 4.74 Å². The van der Waals surface area contributed by atoms with Gasteiger partial charge in [0, 0.05) is 5.69 Å². The molecule has 0 aromatic heterocycles. The van der Waals surface area contributed by atoms with Crippen molar-refractivity contribution in [3.05, 3.63) is 59.4 Å². The maximum atomic E-state index is 13.4. The van der Waals surface area contributed by atoms with Crippen molar-refractivity contribution in [2.45, 2.75) is 70.8 Å². The number of carbonyl (C=O) groups is 1. The van der Waals surface area contributed by atoms with E-state index in [1.807, 2.05) is 32.0 Å². The summed E-state index contributed by atoms with van der Waals surface area (Å²) in [5, 5.41) is 3.11. The molecule has 0 saturated heterocycles. The minimum atomic E-state index is -0.592. The van der Waals surface area contributed by atoms with Gasteiger partial charge in [0.2, 0.25) is 5.91 Å². The first-order valence-electron chi connectivity index (χ1n) is 10.3. The van der Waals surface area contributed by atoms with E-state index in [2.05, 4.69) is 12.2 Å². The van der Waals surface area contributed by atoms with Gasteiger partial charge in [-0.2, -0.15) is 0 Å². The van der Waals surface area contributed by atoms with Crippen LogP contribution in [0.1, 0.15) is 63.5 Å². The van der Waals surface area contributed by atoms with Crippen LogP contribution in [0.4, 0.5) is 10.1 Å². The molecule has 1 saturated carbocycles. The van der Waals surface area contributed by atoms with Crippen LogP contribution in [-0.2, 0) is 10.2 Å². The summed E-state index contributed by atoms with van der Waals surface area (Å²) < 4.78 is 19.3. The van der Waals surface area contributed by atoms with Crippen molar-refractivity contribution in [1.29, 1.82) is 0 Å². The summed E-state index contributed by atoms with van der Waals surface area (Å²) >= 11 is 0. The summed E-state index contributed by atoms with van der Waals surface area (Å²) in [4.78, 5) is 13.4. The maximum Gasteiger partial charge on any atom is 0.235 e. The zero-order chi connectivity index (χ0) is 20.1. The summed E-state index contributed by atoms with van der Waals surface area (Å²) in [6, 6.07) is 12.2. The number of aryl methyl sites for hydroxylation is 1. The van der Waals surface area contributed by atoms with E-state index in [0.29, 0.717) is 0 Å². The number of halogens is 1. The molecule has 0 bridgehead atoms. The van der Waals surface area contributed by atoms with Crippen molar-refractivity contribution in [3.63, 3.8) is 0 Å². The Hall–Kier alpha value is -2.36. The molecule has 0 unspecified atom stereocenters. The average Bonchev–Trinajstić information content (AvgIpc) is 2.71. The van der Waals surface area contributed by atoms with E-state index < -0.39 is 5.41 Å². The van der Waals surface area contributed by atoms with Crippen molar-refractivity contribution in [2.24, 2.45) is 0 Å². The maximum absolute atomic E-state index is 13.4. The quantitative estimate of drug-likeness (QED) is 0.649. The Bertz CT molecular complexity index is 810. The molecule has 3 nitrogen and oxygen atoms in total. The molecule has 1 atom stereocenters. The van der Waals surface area contributed by atoms with Gasteiger partial charge < -0.3 is 10.1 Å². The van der Waals surface area contributed by atoms with Gasteiger partial charge in [-0.15, -0.1) is 0 Å². The van der Waals surface area contributed by atoms with Crippen LogP contribution in [0.5, 0.6) is 5.75 Å². The normalized spacial score (nSPS) is 17.0. The number of amides is 1. The Morgan fingerprint density at radius 1 is 1.14 bits per heavy atom. The molecule has 0 radical (unpaired) electrons. The first-order valence-corrected chi connectivity index (χ1v) is 10.3. The van der Waals surface area contributed by atoms with Crippen LogP contribution in [0.2, 0.25) is 0 Å². The first kappa shape index (κ1) is 20.4. The van der Waals surface area contributed by atoms with E-state index in [0.717, 1.165) is 61.1 Å². The molecule has 28 heavy (non-hydrogen) atoms. The molecule has 2 aromatic carbocycles. The smallest absolute Gasteiger partial charge is 0.235 e. The standard InChI is InChI=1S/C24H30FNO2/c1-4-18(3)28-22-13-12-21(16-17(22)2)26-23(27)24(14-6-5-7-15-24)19-8-10-20(25)11-9-19/h8-13,16,18H,4-7,14-15H2,1-3H3,(H,26,27)/t18-/m0/s1. The lowest BCUT2D eigenvalue weighted by Gasteiger charge is -2.36. The molecule has 0 spiro atoms. The third-order valence-corrected chi connectivity index (χ3v) is 5.87. The molecule has 1 N–H and O–H groups in total. The van der Waals surface area contributed by atoms with Crippen LogP contribution in [0, 0.1) is 12.7 Å². The molecule has 1 aliphatic carbocycles. The second-order valence-corrected chi connectivity index (χ2v) is 7.92. The number of hydrogen-bond acceptors (Lipinski definition) is 2. The summed E-state index contributed by atoms with van der Waals surface area (Å²) in [6.45, 7) is 6.13. The van der Waals surface area contributed by atoms with Crippen LogP contribution in [-0.4, -0.2) is 12.0 Å². The number of hydrogen-bond donors (Lipinski definition) is 1. The van der Waals surface area contributed by atoms with Crippen molar-refractivity contribution in [2.75, 3.05) is 5.32 Å². The fourth-order valence-corrected chi connectivity index (χ4v) is 3.98. The largest absolute Gasteiger partial charge is 0.490 e. The van der Waals surface area contributed by atoms with Gasteiger partial charge in [0.15, 0.2) is 0 Å². The summed E-state index contributed by atoms with van der Waals surface area (Å²) in [5.74, 6) is 0.565. The summed E-state index contributed by atoms with van der Waals surface area (Å²) in [6.07, 6.45) is 5.83. The fraction of sp³-hybridized carbons (Fsp3) is 0.458. The third kappa shape index (κ3) is 4.37. The van der Waals surface area contributed by atoms with Crippen molar-refractivity contribution in [3.8, 4) is 5.75 Å². The molecule has 2 aromatic rings. The molecule has 1 fully saturated rings. The van der Waals surface area contributed by atoms with E-state index in [9.17, 15) is 9.18 Å². The fourth-order valence-electron chi connectivity index (χ4n) is 3.98. The predicted molar refractivity (Wildman–Crippen MR) is 111 cm³/mol. The van der Waals surface area contributed by atoms with Crippen LogP contribution < -0.4 is 10.1 Å². The number of nitrogens with one attached hydrogen (secondary N) is 1. The monoisotopic (exact) mass is 383 g/mol. The number of carbonyl (C=O) groups excluding carboxylic acids is 1. The van der Waals surface area contributed by atoms with E-state index in [1.54, 1.807) is 12.1 Å². The number of anilines is 1. The van der Waals surface area contributed by atoms with Gasteiger partial charge in [-0.05, 0) is 74.6 Å². The lowest BCUT2D eigenvalue weighted by Crippen LogP contribution is -2.42. The molecule has 150 valence electrons. The molecule has 1 aliphatic rings. The Kier molecular flexibility index (Phi) is 6.38. The van der Waals surface area contributed by atoms with E-state index in [1.165, 1.54) is 12.1 Å². The topological polar surface area (TPSA) is 38.3 Å². The molecule has 0 aliphatic heterocycles. The SMILES string of the molecule is CC[C@H](C)Oc1ccc(NC(=O)C2(c3ccc(F)cc3)CCCCC2)cc1C. The summed E-state index contributed by atoms with van der Waals surface area (Å²) in [7, 11) is 0. The van der Waals surface area contributed by atoms with Gasteiger partial charge in [-0.3, -0.25) is 4.79 Å². The third-order valence-electron chi connectivity index (χ3n) is 5.87. The average molecular weight is 384 g/mol. The lowest BCUT2D eigenvalue weighted by atomic mass is 9.68. The molecular weight excluding hydrogens is 353 g/mol. The minimum Gasteiger partial charge on any atom is -0.490 e. The second-order valence-electron chi connectivity index (χ2n) is 7.92. The van der Waals surface area contributed by atoms with Gasteiger partial charge in [-0.25, -0.2) is 4.39 Å². The lowest BCUT2D eigenvalue weighted by molar-refractivity contribution is -0.122. The van der Waals surface area contributed by atoms with Gasteiger partial charge in [0.05, 0.1) is 11.5 Å². The van der Waals surface area contributed by atoms with Crippen molar-refractivity contribution >= 4 is 11.6 Å². The Morgan fingerprint density at radius 3 is 2.43 bits per heavy atom. The highest BCUT2D eigenvalue weighted by Gasteiger charge is 2.41. The highest BCUT2D eigenvalue weighted by molar-refractivity contribution is 5.99. The van der Waals surface area contributed by atoms with Crippen molar-refractivity contribution < 1.29 is 13.9 Å². The highest BCUT2D eigenvalue weighted by atomic mass is 19.1. The molecular formula is C24H30FNO2. The Labute approximate surface area is 167 Å². The van der Waals surface area contributed by atoms with Gasteiger partial charge >= 0.3 is 0 Å². The number of ether oxygens (including phenoxy) is 1. The predicted octanol–water partition coefficient (Wildman–Crippen LogP) is 6.15. The highest BCUT2D eigenvalue weighted by Crippen LogP contribution is 2.40. The van der Waals surface area contributed by atoms with Gasteiger partial charge in [-0.1, -0.05) is 38.3 Å². The van der Waals surface area contributed by atoms with Crippen LogP contribution in [0.15, 0.2) is 42.5 Å². The Morgan fingerprint density at radius 2 is 1.82 bits per heavy atom. The molecule has 3 rings (SSSR count). The zero-order valence-electron chi connectivity index (χ0n) is 17.1. The molecule has 0 heterocycles. The first-order chi connectivity index (χ1) is 13.4. The van der Waals surface area contributed by atoms with E-state index >= 15 is 0 Å². The zero-order valence-corrected chi connectivity index (χ0v) is 17.1. The Balaban J connectivity index is 1.82. The summed E-state index contributed by atoms with van der Waals surface area (Å²) in [5.41, 5.74) is 2.08. The molecule has 1 amide bonds. The van der Waals surface area contributed by atoms with Crippen molar-refractivity contribution in [1.82, 2.24) is 0 Å². The van der Waals surface area contributed by atoms with Crippen LogP contribution in [0.3, 0.4) is 0 Å². The minimum absolute atomic E-state index is 0.00574. The van der Waals surface area contributed by atoms with Gasteiger partial charge in [0.1, 0.15) is 11.6 Å². The van der Waals surface area contributed by atoms with E-state index in [-0.39, 0.29) is 17.8 Å². The molecule has 4 heteroatoms. The number of rotatable bonds is 6. The van der Waals surface area contributed by atoms with Gasteiger partial charge in [0.25, 0.3) is 0 Å². The van der Waals surface area contributed by atoms with Crippen LogP contribution in [0.25, 0.3) is 0 Å². The second kappa shape index (κ2) is 8.76.